The number of hydrogen-bond acceptors (Lipinski definition) is 4. The quantitative estimate of drug-likeness (QED) is 0.437. The van der Waals surface area contributed by atoms with E-state index in [1.165, 1.54) is 19.3 Å². The van der Waals surface area contributed by atoms with Crippen LogP contribution in [0.25, 0.3) is 22.6 Å². The molecule has 1 N–H and O–H groups in total. The Hall–Kier alpha value is -2.37. The molecule has 0 aliphatic rings. The fraction of sp³-hybridized carbons (Fsp3) is 0.417. The summed E-state index contributed by atoms with van der Waals surface area (Å²) in [5.41, 5.74) is 2.46. The molecule has 0 aliphatic carbocycles. The Kier molecular flexibility index (Phi) is 7.16. The molecule has 3 rings (SSSR count). The van der Waals surface area contributed by atoms with Gasteiger partial charge in [-0.15, -0.1) is 0 Å². The number of likely N-dealkylation sites (N-methyl/N-ethyl adjacent to an activating group) is 1. The van der Waals surface area contributed by atoms with Gasteiger partial charge in [0, 0.05) is 36.3 Å². The zero-order valence-corrected chi connectivity index (χ0v) is 19.0. The molecule has 30 heavy (non-hydrogen) atoms. The molecule has 0 amide bonds. The Morgan fingerprint density at radius 2 is 1.83 bits per heavy atom. The van der Waals surface area contributed by atoms with Crippen LogP contribution in [0.1, 0.15) is 40.0 Å². The van der Waals surface area contributed by atoms with Crippen molar-refractivity contribution in [3.05, 3.63) is 53.9 Å². The Balaban J connectivity index is 1.99. The highest BCUT2D eigenvalue weighted by Gasteiger charge is 2.27. The average molecular weight is 427 g/mol. The van der Waals surface area contributed by atoms with Gasteiger partial charge in [-0.1, -0.05) is 37.4 Å². The van der Waals surface area contributed by atoms with Crippen molar-refractivity contribution in [3.8, 4) is 28.4 Å². The fourth-order valence-corrected chi connectivity index (χ4v) is 3.92. The summed E-state index contributed by atoms with van der Waals surface area (Å²) in [6, 6.07) is 9.19. The predicted molar refractivity (Wildman–Crippen MR) is 124 cm³/mol. The highest BCUT2D eigenvalue weighted by Crippen LogP contribution is 2.33. The largest absolute Gasteiger partial charge is 0.506 e. The molecule has 5 nitrogen and oxygen atoms in total. The van der Waals surface area contributed by atoms with E-state index in [0.717, 1.165) is 35.7 Å². The number of hydrogen-bond donors (Lipinski definition) is 1. The summed E-state index contributed by atoms with van der Waals surface area (Å²) >= 11 is 5.99. The first-order valence-corrected chi connectivity index (χ1v) is 10.9. The molecule has 0 radical (unpaired) electrons. The van der Waals surface area contributed by atoms with E-state index in [2.05, 4.69) is 48.5 Å². The molecular formula is C24H31ClN4O. The zero-order chi connectivity index (χ0) is 21.7. The van der Waals surface area contributed by atoms with Gasteiger partial charge < -0.3 is 14.6 Å². The van der Waals surface area contributed by atoms with Crippen molar-refractivity contribution in [2.24, 2.45) is 0 Å². The highest BCUT2D eigenvalue weighted by molar-refractivity contribution is 6.32. The van der Waals surface area contributed by atoms with E-state index >= 15 is 0 Å². The average Bonchev–Trinajstić information content (AvgIpc) is 3.17. The number of pyridine rings is 1. The monoisotopic (exact) mass is 426 g/mol. The first-order chi connectivity index (χ1) is 14.3. The lowest BCUT2D eigenvalue weighted by atomic mass is 10.0. The molecule has 0 atom stereocenters. The molecule has 0 aliphatic heterocycles. The third-order valence-corrected chi connectivity index (χ3v) is 5.66. The van der Waals surface area contributed by atoms with Crippen molar-refractivity contribution in [2.45, 2.75) is 45.6 Å². The number of phenolic OH excluding ortho intramolecular Hbond substituents is 1. The van der Waals surface area contributed by atoms with Gasteiger partial charge in [0.1, 0.15) is 11.6 Å². The van der Waals surface area contributed by atoms with Crippen molar-refractivity contribution >= 4 is 11.6 Å². The predicted octanol–water partition coefficient (Wildman–Crippen LogP) is 5.83. The second-order valence-electron chi connectivity index (χ2n) is 8.48. The summed E-state index contributed by atoms with van der Waals surface area (Å²) in [5, 5.41) is 10.4. The second-order valence-corrected chi connectivity index (χ2v) is 8.89. The van der Waals surface area contributed by atoms with Crippen LogP contribution < -0.4 is 0 Å². The Morgan fingerprint density at radius 1 is 1.10 bits per heavy atom. The molecule has 1 aromatic carbocycles. The number of benzene rings is 1. The second kappa shape index (κ2) is 9.63. The van der Waals surface area contributed by atoms with E-state index in [0.29, 0.717) is 5.02 Å². The fourth-order valence-electron chi connectivity index (χ4n) is 3.80. The van der Waals surface area contributed by atoms with E-state index in [9.17, 15) is 5.11 Å². The topological polar surface area (TPSA) is 54.2 Å². The molecule has 0 saturated heterocycles. The molecule has 2 aromatic heterocycles. The molecule has 0 unspecified atom stereocenters. The Morgan fingerprint density at radius 3 is 2.50 bits per heavy atom. The molecule has 0 fully saturated rings. The maximum absolute atomic E-state index is 10.1. The number of aromatic nitrogens is 3. The minimum atomic E-state index is -0.181. The number of rotatable bonds is 9. The minimum Gasteiger partial charge on any atom is -0.506 e. The van der Waals surface area contributed by atoms with Gasteiger partial charge in [0.2, 0.25) is 0 Å². The lowest BCUT2D eigenvalue weighted by Gasteiger charge is -2.33. The van der Waals surface area contributed by atoms with Crippen LogP contribution in [0, 0.1) is 0 Å². The third-order valence-electron chi connectivity index (χ3n) is 5.34. The number of aromatic hydroxyl groups is 1. The van der Waals surface area contributed by atoms with Gasteiger partial charge in [-0.05, 0) is 58.1 Å². The Bertz CT molecular complexity index is 969. The molecule has 6 heteroatoms. The van der Waals surface area contributed by atoms with Gasteiger partial charge in [0.05, 0.1) is 16.3 Å². The molecule has 160 valence electrons. The summed E-state index contributed by atoms with van der Waals surface area (Å²) < 4.78 is 2.24. The van der Waals surface area contributed by atoms with Crippen LogP contribution in [0.5, 0.6) is 5.75 Å². The molecule has 0 bridgehead atoms. The van der Waals surface area contributed by atoms with Gasteiger partial charge in [0.15, 0.2) is 0 Å². The molecule has 0 saturated carbocycles. The summed E-state index contributed by atoms with van der Waals surface area (Å²) in [4.78, 5) is 11.5. The highest BCUT2D eigenvalue weighted by atomic mass is 35.5. The van der Waals surface area contributed by atoms with Crippen LogP contribution in [0.4, 0.5) is 0 Å². The zero-order valence-electron chi connectivity index (χ0n) is 18.3. The van der Waals surface area contributed by atoms with E-state index in [1.807, 2.05) is 18.2 Å². The van der Waals surface area contributed by atoms with Gasteiger partial charge in [-0.3, -0.25) is 4.98 Å². The number of unbranched alkanes of at least 4 members (excludes halogenated alkanes) is 2. The first kappa shape index (κ1) is 22.3. The maximum Gasteiger partial charge on any atom is 0.141 e. The van der Waals surface area contributed by atoms with E-state index < -0.39 is 0 Å². The summed E-state index contributed by atoms with van der Waals surface area (Å²) in [5.74, 6) is 0.942. The standard InChI is InChI=1S/C24H31ClN4O/c1-5-6-7-14-28(4)17-24(2,3)29-16-21(19-8-9-20(25)22(30)15-19)27-23(29)18-10-12-26-13-11-18/h8-13,15-16,30H,5-7,14,17H2,1-4H3. The third kappa shape index (κ3) is 5.21. The smallest absolute Gasteiger partial charge is 0.141 e. The van der Waals surface area contributed by atoms with Gasteiger partial charge in [0.25, 0.3) is 0 Å². The summed E-state index contributed by atoms with van der Waals surface area (Å²) in [6.45, 7) is 8.68. The Labute approximate surface area is 184 Å². The lowest BCUT2D eigenvalue weighted by molar-refractivity contribution is 0.210. The molecule has 0 spiro atoms. The molecule has 2 heterocycles. The van der Waals surface area contributed by atoms with Crippen LogP contribution in [0.3, 0.4) is 0 Å². The van der Waals surface area contributed by atoms with Crippen molar-refractivity contribution in [1.29, 1.82) is 0 Å². The SMILES string of the molecule is CCCCCN(C)CC(C)(C)n1cc(-c2ccc(Cl)c(O)c2)nc1-c1ccncc1. The van der Waals surface area contributed by atoms with Gasteiger partial charge >= 0.3 is 0 Å². The number of phenols is 1. The lowest BCUT2D eigenvalue weighted by Crippen LogP contribution is -2.39. The first-order valence-electron chi connectivity index (χ1n) is 10.5. The number of imidazole rings is 1. The van der Waals surface area contributed by atoms with E-state index in [4.69, 9.17) is 16.6 Å². The summed E-state index contributed by atoms with van der Waals surface area (Å²) in [6.07, 6.45) is 9.32. The maximum atomic E-state index is 10.1. The van der Waals surface area contributed by atoms with E-state index in [-0.39, 0.29) is 11.3 Å². The van der Waals surface area contributed by atoms with Crippen LogP contribution in [0.15, 0.2) is 48.9 Å². The van der Waals surface area contributed by atoms with Crippen molar-refractivity contribution in [1.82, 2.24) is 19.4 Å². The normalized spacial score (nSPS) is 11.9. The molecule has 3 aromatic rings. The van der Waals surface area contributed by atoms with Gasteiger partial charge in [-0.25, -0.2) is 4.98 Å². The number of halogens is 1. The van der Waals surface area contributed by atoms with Crippen molar-refractivity contribution in [3.63, 3.8) is 0 Å². The van der Waals surface area contributed by atoms with Crippen molar-refractivity contribution in [2.75, 3.05) is 20.1 Å². The van der Waals surface area contributed by atoms with Crippen LogP contribution in [-0.4, -0.2) is 44.7 Å². The van der Waals surface area contributed by atoms with Crippen molar-refractivity contribution < 1.29 is 5.11 Å². The van der Waals surface area contributed by atoms with Crippen LogP contribution in [-0.2, 0) is 5.54 Å². The van der Waals surface area contributed by atoms with Crippen LogP contribution >= 0.6 is 11.6 Å². The van der Waals surface area contributed by atoms with Crippen LogP contribution in [0.2, 0.25) is 5.02 Å². The molecular weight excluding hydrogens is 396 g/mol. The minimum absolute atomic E-state index is 0.0593. The van der Waals surface area contributed by atoms with E-state index in [1.54, 1.807) is 24.5 Å². The van der Waals surface area contributed by atoms with Gasteiger partial charge in [-0.2, -0.15) is 0 Å². The summed E-state index contributed by atoms with van der Waals surface area (Å²) in [7, 11) is 2.18. The number of nitrogens with zero attached hydrogens (tertiary/aromatic N) is 4.